The Labute approximate surface area is 216 Å². The maximum atomic E-state index is 13.8. The number of methoxy groups -OCH3 is 1. The van der Waals surface area contributed by atoms with Gasteiger partial charge in [0.05, 0.1) is 12.0 Å². The highest BCUT2D eigenvalue weighted by molar-refractivity contribution is 7.89. The van der Waals surface area contributed by atoms with Gasteiger partial charge in [-0.1, -0.05) is 48.5 Å². The quantitative estimate of drug-likeness (QED) is 0.236. The Balaban J connectivity index is 1.69. The number of hydrogen-bond acceptors (Lipinski definition) is 6. The molecule has 2 unspecified atom stereocenters. The Morgan fingerprint density at radius 3 is 2.57 bits per heavy atom. The third-order valence-corrected chi connectivity index (χ3v) is 8.03. The Bertz CT molecular complexity index is 1440. The van der Waals surface area contributed by atoms with Crippen LogP contribution in [0.1, 0.15) is 30.4 Å². The lowest BCUT2D eigenvalue weighted by Crippen LogP contribution is -2.56. The van der Waals surface area contributed by atoms with Gasteiger partial charge in [-0.2, -0.15) is 4.72 Å². The fraction of sp³-hybridized carbons (Fsp3) is 0.296. The first-order valence-corrected chi connectivity index (χ1v) is 13.5. The van der Waals surface area contributed by atoms with Gasteiger partial charge in [-0.25, -0.2) is 13.2 Å². The van der Waals surface area contributed by atoms with Gasteiger partial charge in [0.1, 0.15) is 17.9 Å². The molecule has 1 amide bonds. The molecular weight excluding hydrogens is 492 g/mol. The monoisotopic (exact) mass is 522 g/mol. The third kappa shape index (κ3) is 5.98. The van der Waals surface area contributed by atoms with Crippen molar-refractivity contribution in [3.63, 3.8) is 0 Å². The van der Waals surface area contributed by atoms with E-state index in [1.54, 1.807) is 36.4 Å². The highest BCUT2D eigenvalue weighted by Crippen LogP contribution is 2.23. The molecule has 1 aliphatic rings. The van der Waals surface area contributed by atoms with Crippen LogP contribution in [0, 0.1) is 5.41 Å². The highest BCUT2D eigenvalue weighted by Gasteiger charge is 2.37. The van der Waals surface area contributed by atoms with Gasteiger partial charge in [0.2, 0.25) is 15.9 Å². The standard InChI is InChI=1S/C27H30N4O5S/c1-36-27(33)24-11-4-5-14-31(24)26(32)23(16-18-7-6-10-21(15-18)25(28)29)30-37(34,35)22-13-12-19-8-2-3-9-20(19)17-22/h2-3,6-10,12-13,15,17,23-24,30H,4-5,11,14,16H2,1H3,(H3,28,29). The smallest absolute Gasteiger partial charge is 0.328 e. The van der Waals surface area contributed by atoms with Gasteiger partial charge < -0.3 is 15.4 Å². The second-order valence-corrected chi connectivity index (χ2v) is 10.8. The summed E-state index contributed by atoms with van der Waals surface area (Å²) in [6.07, 6.45) is 1.92. The van der Waals surface area contributed by atoms with Crippen molar-refractivity contribution in [2.45, 2.75) is 42.7 Å². The molecule has 0 bridgehead atoms. The Morgan fingerprint density at radius 2 is 1.84 bits per heavy atom. The van der Waals surface area contributed by atoms with E-state index in [2.05, 4.69) is 4.72 Å². The van der Waals surface area contributed by atoms with Crippen LogP contribution >= 0.6 is 0 Å². The Kier molecular flexibility index (Phi) is 7.89. The van der Waals surface area contributed by atoms with Gasteiger partial charge in [-0.15, -0.1) is 0 Å². The molecule has 37 heavy (non-hydrogen) atoms. The number of nitrogens with two attached hydrogens (primary N) is 1. The van der Waals surface area contributed by atoms with E-state index in [9.17, 15) is 18.0 Å². The van der Waals surface area contributed by atoms with Crippen LogP contribution in [0.2, 0.25) is 0 Å². The van der Waals surface area contributed by atoms with Crippen LogP contribution in [0.5, 0.6) is 0 Å². The molecule has 1 fully saturated rings. The minimum atomic E-state index is -4.11. The second-order valence-electron chi connectivity index (χ2n) is 9.07. The number of ether oxygens (including phenoxy) is 1. The molecule has 1 aliphatic heterocycles. The zero-order valence-electron chi connectivity index (χ0n) is 20.5. The van der Waals surface area contributed by atoms with Crippen LogP contribution in [0.25, 0.3) is 10.8 Å². The van der Waals surface area contributed by atoms with Gasteiger partial charge in [0, 0.05) is 12.1 Å². The predicted molar refractivity (Wildman–Crippen MR) is 141 cm³/mol. The minimum Gasteiger partial charge on any atom is -0.467 e. The van der Waals surface area contributed by atoms with E-state index in [1.165, 1.54) is 18.1 Å². The summed E-state index contributed by atoms with van der Waals surface area (Å²) in [6.45, 7) is 0.320. The molecule has 0 radical (unpaired) electrons. The molecule has 0 aliphatic carbocycles. The summed E-state index contributed by atoms with van der Waals surface area (Å²) in [5, 5.41) is 9.36. The number of nitrogens with zero attached hydrogens (tertiary/aromatic N) is 1. The zero-order chi connectivity index (χ0) is 26.6. The Morgan fingerprint density at radius 1 is 1.08 bits per heavy atom. The molecular formula is C27H30N4O5S. The fourth-order valence-corrected chi connectivity index (χ4v) is 5.87. The number of sulfonamides is 1. The summed E-state index contributed by atoms with van der Waals surface area (Å²) >= 11 is 0. The topological polar surface area (TPSA) is 143 Å². The number of piperidine rings is 1. The number of amidine groups is 1. The van der Waals surface area contributed by atoms with Crippen LogP contribution in [-0.4, -0.2) is 56.8 Å². The summed E-state index contributed by atoms with van der Waals surface area (Å²) in [6, 6.07) is 17.0. The van der Waals surface area contributed by atoms with E-state index in [1.807, 2.05) is 24.3 Å². The number of likely N-dealkylation sites (tertiary alicyclic amines) is 1. The largest absolute Gasteiger partial charge is 0.467 e. The number of fused-ring (bicyclic) bond motifs is 1. The summed E-state index contributed by atoms with van der Waals surface area (Å²) in [5.41, 5.74) is 6.71. The normalized spacial score (nSPS) is 16.8. The lowest BCUT2D eigenvalue weighted by atomic mass is 9.98. The van der Waals surface area contributed by atoms with E-state index < -0.39 is 34.0 Å². The van der Waals surface area contributed by atoms with E-state index in [0.717, 1.165) is 17.2 Å². The maximum absolute atomic E-state index is 13.8. The minimum absolute atomic E-state index is 0.0111. The van der Waals surface area contributed by atoms with Crippen LogP contribution in [-0.2, 0) is 30.8 Å². The molecule has 0 aromatic heterocycles. The van der Waals surface area contributed by atoms with Gasteiger partial charge >= 0.3 is 5.97 Å². The van der Waals surface area contributed by atoms with Crippen molar-refractivity contribution in [1.29, 1.82) is 5.41 Å². The van der Waals surface area contributed by atoms with Crippen molar-refractivity contribution < 1.29 is 22.7 Å². The van der Waals surface area contributed by atoms with Crippen molar-refractivity contribution in [1.82, 2.24) is 9.62 Å². The molecule has 194 valence electrons. The summed E-state index contributed by atoms with van der Waals surface area (Å²) in [4.78, 5) is 27.7. The first kappa shape index (κ1) is 26.3. The number of nitrogen functional groups attached to an aromatic ring is 1. The number of benzene rings is 3. The van der Waals surface area contributed by atoms with Crippen molar-refractivity contribution >= 4 is 38.5 Å². The molecule has 9 nitrogen and oxygen atoms in total. The number of esters is 1. The zero-order valence-corrected chi connectivity index (χ0v) is 21.3. The lowest BCUT2D eigenvalue weighted by molar-refractivity contribution is -0.155. The number of rotatable bonds is 8. The van der Waals surface area contributed by atoms with Crippen LogP contribution in [0.3, 0.4) is 0 Å². The molecule has 3 aromatic carbocycles. The van der Waals surface area contributed by atoms with Crippen molar-refractivity contribution in [2.75, 3.05) is 13.7 Å². The molecule has 10 heteroatoms. The summed E-state index contributed by atoms with van der Waals surface area (Å²) in [5.74, 6) is -1.17. The Hall–Kier alpha value is -3.76. The first-order valence-electron chi connectivity index (χ1n) is 12.0. The average molecular weight is 523 g/mol. The number of carbonyl (C=O) groups is 2. The molecule has 3 aromatic rings. The molecule has 1 saturated heterocycles. The second kappa shape index (κ2) is 11.1. The highest BCUT2D eigenvalue weighted by atomic mass is 32.2. The third-order valence-electron chi connectivity index (χ3n) is 6.56. The van der Waals surface area contributed by atoms with Crippen LogP contribution < -0.4 is 10.5 Å². The van der Waals surface area contributed by atoms with E-state index >= 15 is 0 Å². The van der Waals surface area contributed by atoms with E-state index in [-0.39, 0.29) is 17.2 Å². The van der Waals surface area contributed by atoms with Gasteiger partial charge in [-0.3, -0.25) is 10.2 Å². The van der Waals surface area contributed by atoms with E-state index in [0.29, 0.717) is 30.5 Å². The maximum Gasteiger partial charge on any atom is 0.328 e. The fourth-order valence-electron chi connectivity index (χ4n) is 4.65. The lowest BCUT2D eigenvalue weighted by Gasteiger charge is -2.36. The molecule has 4 rings (SSSR count). The number of amides is 1. The van der Waals surface area contributed by atoms with Crippen molar-refractivity contribution in [3.8, 4) is 0 Å². The van der Waals surface area contributed by atoms with E-state index in [4.69, 9.17) is 15.9 Å². The molecule has 2 atom stereocenters. The van der Waals surface area contributed by atoms with Gasteiger partial charge in [0.25, 0.3) is 0 Å². The number of nitrogens with one attached hydrogen (secondary N) is 2. The van der Waals surface area contributed by atoms with Crippen molar-refractivity contribution in [3.05, 3.63) is 77.9 Å². The molecule has 1 heterocycles. The first-order chi connectivity index (χ1) is 17.7. The van der Waals surface area contributed by atoms with Crippen LogP contribution in [0.4, 0.5) is 0 Å². The molecule has 0 saturated carbocycles. The van der Waals surface area contributed by atoms with Crippen molar-refractivity contribution in [2.24, 2.45) is 5.73 Å². The number of carbonyl (C=O) groups excluding carboxylic acids is 2. The summed E-state index contributed by atoms with van der Waals surface area (Å²) in [7, 11) is -2.83. The van der Waals surface area contributed by atoms with Gasteiger partial charge in [0.15, 0.2) is 0 Å². The molecule has 4 N–H and O–H groups in total. The number of hydrogen-bond donors (Lipinski definition) is 3. The average Bonchev–Trinajstić information content (AvgIpc) is 2.91. The van der Waals surface area contributed by atoms with Crippen LogP contribution in [0.15, 0.2) is 71.6 Å². The SMILES string of the molecule is COC(=O)C1CCCCN1C(=O)C(Cc1cccc(C(=N)N)c1)NS(=O)(=O)c1ccc2ccccc2c1. The van der Waals surface area contributed by atoms with Gasteiger partial charge in [-0.05, 0) is 60.2 Å². The predicted octanol–water partition coefficient (Wildman–Crippen LogP) is 2.57. The summed E-state index contributed by atoms with van der Waals surface area (Å²) < 4.78 is 34.5. The molecule has 0 spiro atoms.